The predicted molar refractivity (Wildman–Crippen MR) is 69.8 cm³/mol. The number of amides is 1. The van der Waals surface area contributed by atoms with Crippen molar-refractivity contribution in [1.29, 1.82) is 0 Å². The van der Waals surface area contributed by atoms with Crippen molar-refractivity contribution in [2.75, 3.05) is 13.2 Å². The first-order valence-corrected chi connectivity index (χ1v) is 6.27. The lowest BCUT2D eigenvalue weighted by molar-refractivity contribution is -0.144. The summed E-state index contributed by atoms with van der Waals surface area (Å²) >= 11 is 5.61. The quantitative estimate of drug-likeness (QED) is 0.768. The second-order valence-corrected chi connectivity index (χ2v) is 4.44. The molecule has 0 spiro atoms. The van der Waals surface area contributed by atoms with E-state index in [1.807, 2.05) is 0 Å². The van der Waals surface area contributed by atoms with Gasteiger partial charge < -0.3 is 9.64 Å². The second-order valence-electron chi connectivity index (χ2n) is 4.06. The summed E-state index contributed by atoms with van der Waals surface area (Å²) in [5.41, 5.74) is 0.141. The van der Waals surface area contributed by atoms with Crippen LogP contribution in [0.15, 0.2) is 12.4 Å². The van der Waals surface area contributed by atoms with Gasteiger partial charge in [-0.25, -0.2) is 9.97 Å². The Balaban J connectivity index is 2.84. The number of esters is 1. The van der Waals surface area contributed by atoms with E-state index < -0.39 is 5.97 Å². The summed E-state index contributed by atoms with van der Waals surface area (Å²) in [7, 11) is 0. The molecule has 0 aliphatic rings. The summed E-state index contributed by atoms with van der Waals surface area (Å²) in [6.07, 6.45) is 2.57. The summed E-state index contributed by atoms with van der Waals surface area (Å²) < 4.78 is 4.84. The number of carbonyl (C=O) groups excluding carboxylic acids is 2. The van der Waals surface area contributed by atoms with Gasteiger partial charge in [-0.15, -0.1) is 0 Å². The molecule has 6 nitrogen and oxygen atoms in total. The predicted octanol–water partition coefficient (Wildman–Crippen LogP) is 1.54. The molecule has 0 atom stereocenters. The van der Waals surface area contributed by atoms with E-state index in [9.17, 15) is 9.59 Å². The number of nitrogens with zero attached hydrogens (tertiary/aromatic N) is 3. The van der Waals surface area contributed by atoms with Gasteiger partial charge in [0.15, 0.2) is 0 Å². The van der Waals surface area contributed by atoms with E-state index in [0.717, 1.165) is 0 Å². The lowest BCUT2D eigenvalue weighted by Gasteiger charge is -2.25. The van der Waals surface area contributed by atoms with Gasteiger partial charge in [0, 0.05) is 6.04 Å². The van der Waals surface area contributed by atoms with Crippen LogP contribution in [0.1, 0.15) is 31.3 Å². The van der Waals surface area contributed by atoms with E-state index in [4.69, 9.17) is 16.3 Å². The van der Waals surface area contributed by atoms with Gasteiger partial charge in [-0.3, -0.25) is 9.59 Å². The van der Waals surface area contributed by atoms with Crippen molar-refractivity contribution in [3.05, 3.63) is 23.2 Å². The molecule has 104 valence electrons. The van der Waals surface area contributed by atoms with E-state index in [0.29, 0.717) is 0 Å². The lowest BCUT2D eigenvalue weighted by atomic mass is 10.2. The van der Waals surface area contributed by atoms with Crippen LogP contribution in [0.25, 0.3) is 0 Å². The molecular formula is C12H16ClN3O3. The Morgan fingerprint density at radius 2 is 2.05 bits per heavy atom. The normalized spacial score (nSPS) is 10.4. The van der Waals surface area contributed by atoms with E-state index in [1.54, 1.807) is 20.8 Å². The average molecular weight is 286 g/mol. The zero-order valence-electron chi connectivity index (χ0n) is 11.1. The van der Waals surface area contributed by atoms with Crippen LogP contribution < -0.4 is 0 Å². The zero-order chi connectivity index (χ0) is 14.4. The van der Waals surface area contributed by atoms with Crippen LogP contribution in [0.2, 0.25) is 5.15 Å². The van der Waals surface area contributed by atoms with Gasteiger partial charge in [-0.1, -0.05) is 11.6 Å². The Morgan fingerprint density at radius 3 is 2.53 bits per heavy atom. The number of carbonyl (C=O) groups is 2. The Kier molecular flexibility index (Phi) is 5.69. The Hall–Kier alpha value is -1.69. The summed E-state index contributed by atoms with van der Waals surface area (Å²) in [4.78, 5) is 32.7. The van der Waals surface area contributed by atoms with Crippen LogP contribution in [-0.2, 0) is 9.53 Å². The molecule has 0 radical (unpaired) electrons. The standard InChI is InChI=1S/C12H16ClN3O3/c1-4-19-11(17)7-16(8(2)3)12(18)9-5-15-10(13)6-14-9/h5-6,8H,4,7H2,1-3H3. The van der Waals surface area contributed by atoms with Crippen LogP contribution in [0.4, 0.5) is 0 Å². The molecule has 0 aliphatic carbocycles. The van der Waals surface area contributed by atoms with Crippen molar-refractivity contribution in [2.24, 2.45) is 0 Å². The first kappa shape index (κ1) is 15.4. The molecular weight excluding hydrogens is 270 g/mol. The largest absolute Gasteiger partial charge is 0.465 e. The van der Waals surface area contributed by atoms with Crippen LogP contribution in [0.5, 0.6) is 0 Å². The minimum absolute atomic E-state index is 0.116. The summed E-state index contributed by atoms with van der Waals surface area (Å²) in [6, 6.07) is -0.158. The monoisotopic (exact) mass is 285 g/mol. The molecule has 0 saturated carbocycles. The molecule has 7 heteroatoms. The molecule has 1 rings (SSSR count). The maximum Gasteiger partial charge on any atom is 0.325 e. The van der Waals surface area contributed by atoms with Gasteiger partial charge in [0.2, 0.25) is 0 Å². The van der Waals surface area contributed by atoms with Gasteiger partial charge in [-0.2, -0.15) is 0 Å². The van der Waals surface area contributed by atoms with Crippen molar-refractivity contribution in [3.8, 4) is 0 Å². The van der Waals surface area contributed by atoms with Gasteiger partial charge in [0.25, 0.3) is 5.91 Å². The highest BCUT2D eigenvalue weighted by Gasteiger charge is 2.23. The van der Waals surface area contributed by atoms with Crippen LogP contribution in [0, 0.1) is 0 Å². The number of rotatable bonds is 5. The van der Waals surface area contributed by atoms with Gasteiger partial charge >= 0.3 is 5.97 Å². The minimum Gasteiger partial charge on any atom is -0.465 e. The average Bonchev–Trinajstić information content (AvgIpc) is 2.36. The number of halogens is 1. The van der Waals surface area contributed by atoms with E-state index in [1.165, 1.54) is 17.3 Å². The molecule has 1 aromatic heterocycles. The molecule has 0 bridgehead atoms. The SMILES string of the molecule is CCOC(=O)CN(C(=O)c1cnc(Cl)cn1)C(C)C. The Bertz CT molecular complexity index is 448. The van der Waals surface area contributed by atoms with E-state index in [2.05, 4.69) is 9.97 Å². The highest BCUT2D eigenvalue weighted by molar-refractivity contribution is 6.29. The molecule has 1 aromatic rings. The molecule has 0 N–H and O–H groups in total. The topological polar surface area (TPSA) is 72.4 Å². The fourth-order valence-corrected chi connectivity index (χ4v) is 1.50. The van der Waals surface area contributed by atoms with Gasteiger partial charge in [-0.05, 0) is 20.8 Å². The fourth-order valence-electron chi connectivity index (χ4n) is 1.40. The number of hydrogen-bond donors (Lipinski definition) is 0. The minimum atomic E-state index is -0.452. The van der Waals surface area contributed by atoms with Crippen molar-refractivity contribution in [1.82, 2.24) is 14.9 Å². The Morgan fingerprint density at radius 1 is 1.37 bits per heavy atom. The van der Waals surface area contributed by atoms with Crippen LogP contribution in [-0.4, -0.2) is 45.9 Å². The smallest absolute Gasteiger partial charge is 0.325 e. The summed E-state index contributed by atoms with van der Waals surface area (Å²) in [5.74, 6) is -0.835. The molecule has 0 unspecified atom stereocenters. The molecule has 0 saturated heterocycles. The van der Waals surface area contributed by atoms with E-state index in [-0.39, 0.29) is 35.9 Å². The van der Waals surface area contributed by atoms with Crippen LogP contribution >= 0.6 is 11.6 Å². The maximum atomic E-state index is 12.2. The second kappa shape index (κ2) is 7.04. The first-order valence-electron chi connectivity index (χ1n) is 5.89. The molecule has 0 fully saturated rings. The fraction of sp³-hybridized carbons (Fsp3) is 0.500. The van der Waals surface area contributed by atoms with Gasteiger partial charge in [0.05, 0.1) is 19.0 Å². The van der Waals surface area contributed by atoms with Crippen molar-refractivity contribution < 1.29 is 14.3 Å². The molecule has 19 heavy (non-hydrogen) atoms. The van der Waals surface area contributed by atoms with Crippen molar-refractivity contribution in [2.45, 2.75) is 26.8 Å². The number of ether oxygens (including phenoxy) is 1. The number of hydrogen-bond acceptors (Lipinski definition) is 5. The third-order valence-electron chi connectivity index (χ3n) is 2.33. The van der Waals surface area contributed by atoms with Crippen molar-refractivity contribution >= 4 is 23.5 Å². The lowest BCUT2D eigenvalue weighted by Crippen LogP contribution is -2.41. The van der Waals surface area contributed by atoms with Crippen molar-refractivity contribution in [3.63, 3.8) is 0 Å². The van der Waals surface area contributed by atoms with Crippen LogP contribution in [0.3, 0.4) is 0 Å². The first-order chi connectivity index (χ1) is 8.95. The van der Waals surface area contributed by atoms with E-state index >= 15 is 0 Å². The molecule has 0 aliphatic heterocycles. The highest BCUT2D eigenvalue weighted by atomic mass is 35.5. The number of aromatic nitrogens is 2. The summed E-state index contributed by atoms with van der Waals surface area (Å²) in [6.45, 7) is 5.49. The molecule has 1 heterocycles. The summed E-state index contributed by atoms with van der Waals surface area (Å²) in [5, 5.41) is 0.207. The third kappa shape index (κ3) is 4.48. The van der Waals surface area contributed by atoms with Gasteiger partial charge in [0.1, 0.15) is 17.4 Å². The highest BCUT2D eigenvalue weighted by Crippen LogP contribution is 2.08. The Labute approximate surface area is 116 Å². The zero-order valence-corrected chi connectivity index (χ0v) is 11.8. The molecule has 0 aromatic carbocycles. The third-order valence-corrected chi connectivity index (χ3v) is 2.52. The molecule has 1 amide bonds. The maximum absolute atomic E-state index is 12.2.